The van der Waals surface area contributed by atoms with Crippen molar-refractivity contribution < 1.29 is 14.8 Å². The van der Waals surface area contributed by atoms with Gasteiger partial charge < -0.3 is 14.7 Å². The maximum Gasteiger partial charge on any atom is 0.303 e. The highest BCUT2D eigenvalue weighted by molar-refractivity contribution is 7.14. The Morgan fingerprint density at radius 2 is 2.09 bits per heavy atom. The van der Waals surface area contributed by atoms with Gasteiger partial charge in [-0.05, 0) is 10.9 Å². The van der Waals surface area contributed by atoms with E-state index in [1.54, 1.807) is 17.3 Å². The van der Waals surface area contributed by atoms with Gasteiger partial charge in [-0.3, -0.25) is 10.1 Å². The Hall–Kier alpha value is -1.96. The summed E-state index contributed by atoms with van der Waals surface area (Å²) < 4.78 is 5.47. The zero-order valence-corrected chi connectivity index (χ0v) is 13.0. The Morgan fingerprint density at radius 1 is 1.36 bits per heavy atom. The molecule has 1 unspecified atom stereocenters. The third-order valence-electron chi connectivity index (χ3n) is 3.07. The summed E-state index contributed by atoms with van der Waals surface area (Å²) in [5.41, 5.74) is 1.10. The van der Waals surface area contributed by atoms with Crippen molar-refractivity contribution in [1.29, 1.82) is 0 Å². The average Bonchev–Trinajstić information content (AvgIpc) is 2.98. The van der Waals surface area contributed by atoms with Crippen LogP contribution >= 0.6 is 11.3 Å². The molecular weight excluding hydrogens is 304 g/mol. The summed E-state index contributed by atoms with van der Waals surface area (Å²) in [6.45, 7) is 0.884. The van der Waals surface area contributed by atoms with Crippen LogP contribution in [0.4, 0.5) is 10.7 Å². The van der Waals surface area contributed by atoms with Crippen LogP contribution < -0.4 is 4.90 Å². The molecule has 1 N–H and O–H groups in total. The number of likely N-dealkylation sites (N-methyl/N-ethyl adjacent to an activating group) is 1. The van der Waals surface area contributed by atoms with Crippen LogP contribution in [0.3, 0.4) is 0 Å². The summed E-state index contributed by atoms with van der Waals surface area (Å²) in [4.78, 5) is 12.2. The molecule has 0 aliphatic heterocycles. The summed E-state index contributed by atoms with van der Waals surface area (Å²) in [7, 11) is 1.72. The monoisotopic (exact) mass is 322 g/mol. The predicted molar refractivity (Wildman–Crippen MR) is 86.3 cm³/mol. The van der Waals surface area contributed by atoms with E-state index in [0.29, 0.717) is 11.6 Å². The summed E-state index contributed by atoms with van der Waals surface area (Å²) in [6, 6.07) is 11.2. The number of benzene rings is 1. The van der Waals surface area contributed by atoms with E-state index < -0.39 is 11.0 Å². The maximum absolute atomic E-state index is 10.9. The van der Waals surface area contributed by atoms with Crippen molar-refractivity contribution in [3.8, 4) is 0 Å². The van der Waals surface area contributed by atoms with Crippen molar-refractivity contribution in [2.24, 2.45) is 0 Å². The van der Waals surface area contributed by atoms with Crippen LogP contribution in [0.1, 0.15) is 5.56 Å². The lowest BCUT2D eigenvalue weighted by atomic mass is 10.2. The standard InChI is InChI=1S/C15H18N2O4S/c1-16(15-14(17(19)20)7-8-22-15)9-13(18)11-21-10-12-5-3-2-4-6-12/h2-8,13,18H,9-11H2,1H3. The molecule has 1 atom stereocenters. The topological polar surface area (TPSA) is 75.8 Å². The molecule has 118 valence electrons. The summed E-state index contributed by atoms with van der Waals surface area (Å²) in [5, 5.41) is 23.1. The van der Waals surface area contributed by atoms with E-state index in [1.807, 2.05) is 30.3 Å². The quantitative estimate of drug-likeness (QED) is 0.597. The van der Waals surface area contributed by atoms with E-state index >= 15 is 0 Å². The summed E-state index contributed by atoms with van der Waals surface area (Å²) >= 11 is 1.28. The Balaban J connectivity index is 1.80. The smallest absolute Gasteiger partial charge is 0.303 e. The molecule has 22 heavy (non-hydrogen) atoms. The van der Waals surface area contributed by atoms with Gasteiger partial charge in [0.15, 0.2) is 5.00 Å². The van der Waals surface area contributed by atoms with Crippen LogP contribution in [-0.4, -0.2) is 36.3 Å². The molecule has 0 radical (unpaired) electrons. The van der Waals surface area contributed by atoms with Crippen molar-refractivity contribution >= 4 is 22.0 Å². The van der Waals surface area contributed by atoms with Gasteiger partial charge in [0.2, 0.25) is 0 Å². The average molecular weight is 322 g/mol. The third-order valence-corrected chi connectivity index (χ3v) is 4.09. The Morgan fingerprint density at radius 3 is 2.77 bits per heavy atom. The molecule has 0 aliphatic rings. The molecular formula is C15H18N2O4S. The first-order valence-corrected chi connectivity index (χ1v) is 7.68. The maximum atomic E-state index is 10.9. The highest BCUT2D eigenvalue weighted by Gasteiger charge is 2.20. The molecule has 2 aromatic rings. The van der Waals surface area contributed by atoms with Crippen LogP contribution in [0, 0.1) is 10.1 Å². The van der Waals surface area contributed by atoms with Crippen molar-refractivity contribution in [3.05, 3.63) is 57.5 Å². The molecule has 1 aromatic heterocycles. The van der Waals surface area contributed by atoms with E-state index in [9.17, 15) is 15.2 Å². The van der Waals surface area contributed by atoms with E-state index in [1.165, 1.54) is 17.4 Å². The van der Waals surface area contributed by atoms with Crippen molar-refractivity contribution in [2.45, 2.75) is 12.7 Å². The van der Waals surface area contributed by atoms with Crippen molar-refractivity contribution in [3.63, 3.8) is 0 Å². The lowest BCUT2D eigenvalue weighted by molar-refractivity contribution is -0.383. The highest BCUT2D eigenvalue weighted by atomic mass is 32.1. The van der Waals surface area contributed by atoms with Crippen LogP contribution in [0.25, 0.3) is 0 Å². The molecule has 0 spiro atoms. The number of hydrogen-bond donors (Lipinski definition) is 1. The minimum atomic E-state index is -0.713. The Labute approximate surface area is 132 Å². The SMILES string of the molecule is CN(CC(O)COCc1ccccc1)c1sccc1[N+](=O)[O-]. The summed E-state index contributed by atoms with van der Waals surface area (Å²) in [5.74, 6) is 0. The molecule has 0 bridgehead atoms. The fourth-order valence-electron chi connectivity index (χ4n) is 2.06. The molecule has 0 amide bonds. The number of thiophene rings is 1. The largest absolute Gasteiger partial charge is 0.389 e. The molecule has 0 fully saturated rings. The molecule has 0 saturated carbocycles. The highest BCUT2D eigenvalue weighted by Crippen LogP contribution is 2.33. The molecule has 1 heterocycles. The van der Waals surface area contributed by atoms with E-state index in [0.717, 1.165) is 5.56 Å². The minimum Gasteiger partial charge on any atom is -0.389 e. The number of rotatable bonds is 8. The fourth-order valence-corrected chi connectivity index (χ4v) is 2.90. The zero-order chi connectivity index (χ0) is 15.9. The molecule has 0 aliphatic carbocycles. The van der Waals surface area contributed by atoms with Crippen molar-refractivity contribution in [2.75, 3.05) is 25.1 Å². The first-order valence-electron chi connectivity index (χ1n) is 6.80. The van der Waals surface area contributed by atoms with Gasteiger partial charge in [0.1, 0.15) is 0 Å². The van der Waals surface area contributed by atoms with Gasteiger partial charge in [-0.2, -0.15) is 0 Å². The first kappa shape index (κ1) is 16.4. The van der Waals surface area contributed by atoms with E-state index in [2.05, 4.69) is 0 Å². The number of aliphatic hydroxyl groups is 1. The number of aliphatic hydroxyl groups excluding tert-OH is 1. The molecule has 2 rings (SSSR count). The van der Waals surface area contributed by atoms with Gasteiger partial charge in [-0.25, -0.2) is 0 Å². The van der Waals surface area contributed by atoms with Gasteiger partial charge in [0.05, 0.1) is 24.2 Å². The Bertz CT molecular complexity index is 603. The zero-order valence-electron chi connectivity index (χ0n) is 12.2. The summed E-state index contributed by atoms with van der Waals surface area (Å²) in [6.07, 6.45) is -0.713. The van der Waals surface area contributed by atoms with Gasteiger partial charge >= 0.3 is 5.69 Å². The van der Waals surface area contributed by atoms with Gasteiger partial charge in [-0.15, -0.1) is 11.3 Å². The second-order valence-corrected chi connectivity index (χ2v) is 5.80. The van der Waals surface area contributed by atoms with Crippen LogP contribution in [0.5, 0.6) is 0 Å². The van der Waals surface area contributed by atoms with Gasteiger partial charge in [0.25, 0.3) is 0 Å². The van der Waals surface area contributed by atoms with Gasteiger partial charge in [0, 0.05) is 19.7 Å². The molecule has 7 heteroatoms. The number of nitrogens with zero attached hydrogens (tertiary/aromatic N) is 2. The first-order chi connectivity index (χ1) is 10.6. The van der Waals surface area contributed by atoms with E-state index in [4.69, 9.17) is 4.74 Å². The Kier molecular flexibility index (Phi) is 5.88. The molecule has 6 nitrogen and oxygen atoms in total. The minimum absolute atomic E-state index is 0.0601. The number of anilines is 1. The molecule has 1 aromatic carbocycles. The second kappa shape index (κ2) is 7.88. The molecule has 0 saturated heterocycles. The van der Waals surface area contributed by atoms with Crippen LogP contribution in [0.15, 0.2) is 41.8 Å². The fraction of sp³-hybridized carbons (Fsp3) is 0.333. The van der Waals surface area contributed by atoms with Crippen LogP contribution in [0.2, 0.25) is 0 Å². The number of nitro groups is 1. The predicted octanol–water partition coefficient (Wildman–Crippen LogP) is 2.67. The normalized spacial score (nSPS) is 12.1. The van der Waals surface area contributed by atoms with E-state index in [-0.39, 0.29) is 18.8 Å². The second-order valence-electron chi connectivity index (χ2n) is 4.90. The lowest BCUT2D eigenvalue weighted by Crippen LogP contribution is -2.32. The number of ether oxygens (including phenoxy) is 1. The van der Waals surface area contributed by atoms with Crippen LogP contribution in [-0.2, 0) is 11.3 Å². The van der Waals surface area contributed by atoms with Crippen molar-refractivity contribution in [1.82, 2.24) is 0 Å². The number of hydrogen-bond acceptors (Lipinski definition) is 6. The lowest BCUT2D eigenvalue weighted by Gasteiger charge is -2.20. The van der Waals surface area contributed by atoms with Gasteiger partial charge in [-0.1, -0.05) is 30.3 Å². The third kappa shape index (κ3) is 4.52.